The highest BCUT2D eigenvalue weighted by atomic mass is 16.1. The minimum absolute atomic E-state index is 0.0540. The monoisotopic (exact) mass is 246 g/mol. The molecule has 0 bridgehead atoms. The number of anilines is 1. The van der Waals surface area contributed by atoms with E-state index >= 15 is 0 Å². The first kappa shape index (κ1) is 12.9. The van der Waals surface area contributed by atoms with Crippen molar-refractivity contribution < 1.29 is 4.79 Å². The molecule has 18 heavy (non-hydrogen) atoms. The van der Waals surface area contributed by atoms with Crippen LogP contribution >= 0.6 is 0 Å². The minimum atomic E-state index is 0.0540. The Hall–Kier alpha value is -1.51. The van der Waals surface area contributed by atoms with Gasteiger partial charge in [-0.05, 0) is 50.3 Å². The van der Waals surface area contributed by atoms with Gasteiger partial charge in [0.15, 0.2) is 0 Å². The van der Waals surface area contributed by atoms with E-state index in [4.69, 9.17) is 0 Å². The highest BCUT2D eigenvalue weighted by Gasteiger charge is 2.21. The first-order chi connectivity index (χ1) is 8.70. The second-order valence-corrected chi connectivity index (χ2v) is 5.08. The molecule has 0 aliphatic heterocycles. The third-order valence-corrected chi connectivity index (χ3v) is 3.43. The molecule has 0 heterocycles. The number of hydrogen-bond donors (Lipinski definition) is 2. The molecule has 0 saturated heterocycles. The predicted octanol–water partition coefficient (Wildman–Crippen LogP) is 3.10. The van der Waals surface area contributed by atoms with Gasteiger partial charge < -0.3 is 10.6 Å². The van der Waals surface area contributed by atoms with Crippen LogP contribution in [0.4, 0.5) is 5.69 Å². The first-order valence-corrected chi connectivity index (χ1v) is 6.86. The highest BCUT2D eigenvalue weighted by molar-refractivity contribution is 6.00. The maximum Gasteiger partial charge on any atom is 0.253 e. The molecule has 1 aliphatic rings. The zero-order valence-electron chi connectivity index (χ0n) is 11.3. The predicted molar refractivity (Wildman–Crippen MR) is 75.1 cm³/mol. The molecule has 0 atom stereocenters. The molecule has 1 aromatic rings. The van der Waals surface area contributed by atoms with Crippen LogP contribution in [0.1, 0.15) is 48.5 Å². The van der Waals surface area contributed by atoms with Crippen molar-refractivity contribution in [3.8, 4) is 0 Å². The Labute approximate surface area is 109 Å². The van der Waals surface area contributed by atoms with E-state index in [-0.39, 0.29) is 5.91 Å². The molecule has 1 aliphatic carbocycles. The average molecular weight is 246 g/mol. The van der Waals surface area contributed by atoms with E-state index in [1.54, 1.807) is 0 Å². The summed E-state index contributed by atoms with van der Waals surface area (Å²) in [5.41, 5.74) is 2.89. The summed E-state index contributed by atoms with van der Waals surface area (Å²) in [6.07, 6.45) is 4.53. The van der Waals surface area contributed by atoms with Gasteiger partial charge in [0, 0.05) is 18.3 Å². The molecule has 2 N–H and O–H groups in total. The van der Waals surface area contributed by atoms with Crippen LogP contribution in [-0.4, -0.2) is 18.5 Å². The quantitative estimate of drug-likeness (QED) is 0.838. The third-order valence-electron chi connectivity index (χ3n) is 3.43. The molecule has 1 saturated carbocycles. The molecule has 0 spiro atoms. The lowest BCUT2D eigenvalue weighted by molar-refractivity contribution is 0.0918. The number of benzene rings is 1. The standard InChI is InChI=1S/C15H22N2O/c1-3-9-16-14-10-11(2)7-8-13(14)15(18)17-12-5-4-6-12/h7-8,10,12,16H,3-6,9H2,1-2H3,(H,17,18). The van der Waals surface area contributed by atoms with E-state index in [0.29, 0.717) is 6.04 Å². The van der Waals surface area contributed by atoms with Crippen molar-refractivity contribution in [2.45, 2.75) is 45.6 Å². The topological polar surface area (TPSA) is 41.1 Å². The molecule has 1 fully saturated rings. The molecule has 1 aromatic carbocycles. The smallest absolute Gasteiger partial charge is 0.253 e. The highest BCUT2D eigenvalue weighted by Crippen LogP contribution is 2.21. The maximum absolute atomic E-state index is 12.2. The minimum Gasteiger partial charge on any atom is -0.384 e. The van der Waals surface area contributed by atoms with E-state index in [1.165, 1.54) is 12.0 Å². The summed E-state index contributed by atoms with van der Waals surface area (Å²) >= 11 is 0. The molecule has 3 heteroatoms. The van der Waals surface area contributed by atoms with Crippen molar-refractivity contribution in [1.82, 2.24) is 5.32 Å². The van der Waals surface area contributed by atoms with Crippen molar-refractivity contribution in [2.24, 2.45) is 0 Å². The molecule has 0 aromatic heterocycles. The van der Waals surface area contributed by atoms with Gasteiger partial charge in [-0.15, -0.1) is 0 Å². The van der Waals surface area contributed by atoms with E-state index in [0.717, 1.165) is 37.1 Å². The number of hydrogen-bond acceptors (Lipinski definition) is 2. The average Bonchev–Trinajstić information content (AvgIpc) is 2.31. The van der Waals surface area contributed by atoms with Crippen LogP contribution in [0.15, 0.2) is 18.2 Å². The Balaban J connectivity index is 2.11. The fourth-order valence-corrected chi connectivity index (χ4v) is 2.08. The number of nitrogens with one attached hydrogen (secondary N) is 2. The number of carbonyl (C=O) groups excluding carboxylic acids is 1. The zero-order chi connectivity index (χ0) is 13.0. The molecule has 0 radical (unpaired) electrons. The normalized spacial score (nSPS) is 15.0. The number of aryl methyl sites for hydroxylation is 1. The van der Waals surface area contributed by atoms with Crippen LogP contribution < -0.4 is 10.6 Å². The molecule has 0 unspecified atom stereocenters. The van der Waals surface area contributed by atoms with Crippen LogP contribution in [0, 0.1) is 6.92 Å². The summed E-state index contributed by atoms with van der Waals surface area (Å²) in [6, 6.07) is 6.34. The zero-order valence-corrected chi connectivity index (χ0v) is 11.3. The summed E-state index contributed by atoms with van der Waals surface area (Å²) in [5, 5.41) is 6.42. The molecule has 2 rings (SSSR count). The van der Waals surface area contributed by atoms with Gasteiger partial charge in [0.05, 0.1) is 5.56 Å². The summed E-state index contributed by atoms with van der Waals surface area (Å²) in [7, 11) is 0. The number of amides is 1. The lowest BCUT2D eigenvalue weighted by Gasteiger charge is -2.26. The fourth-order valence-electron chi connectivity index (χ4n) is 2.08. The van der Waals surface area contributed by atoms with Gasteiger partial charge in [-0.3, -0.25) is 4.79 Å². The lowest BCUT2D eigenvalue weighted by atomic mass is 9.93. The fraction of sp³-hybridized carbons (Fsp3) is 0.533. The van der Waals surface area contributed by atoms with E-state index in [1.807, 2.05) is 25.1 Å². The van der Waals surface area contributed by atoms with Crippen molar-refractivity contribution in [2.75, 3.05) is 11.9 Å². The SMILES string of the molecule is CCCNc1cc(C)ccc1C(=O)NC1CCC1. The number of carbonyl (C=O) groups is 1. The van der Waals surface area contributed by atoms with Crippen LogP contribution in [-0.2, 0) is 0 Å². The summed E-state index contributed by atoms with van der Waals surface area (Å²) in [5.74, 6) is 0.0540. The van der Waals surface area contributed by atoms with Gasteiger partial charge >= 0.3 is 0 Å². The van der Waals surface area contributed by atoms with Crippen LogP contribution in [0.5, 0.6) is 0 Å². The summed E-state index contributed by atoms with van der Waals surface area (Å²) < 4.78 is 0. The van der Waals surface area contributed by atoms with Gasteiger partial charge in [-0.2, -0.15) is 0 Å². The van der Waals surface area contributed by atoms with Gasteiger partial charge in [0.25, 0.3) is 5.91 Å². The molecular weight excluding hydrogens is 224 g/mol. The Morgan fingerprint density at radius 2 is 2.17 bits per heavy atom. The van der Waals surface area contributed by atoms with Gasteiger partial charge in [-0.1, -0.05) is 13.0 Å². The second-order valence-electron chi connectivity index (χ2n) is 5.08. The van der Waals surface area contributed by atoms with E-state index < -0.39 is 0 Å². The van der Waals surface area contributed by atoms with Gasteiger partial charge in [-0.25, -0.2) is 0 Å². The Bertz CT molecular complexity index is 425. The molecule has 1 amide bonds. The molecule has 3 nitrogen and oxygen atoms in total. The Morgan fingerprint density at radius 1 is 1.39 bits per heavy atom. The van der Waals surface area contributed by atoms with Gasteiger partial charge in [0.2, 0.25) is 0 Å². The summed E-state index contributed by atoms with van der Waals surface area (Å²) in [4.78, 5) is 12.2. The van der Waals surface area contributed by atoms with Crippen LogP contribution in [0.3, 0.4) is 0 Å². The second kappa shape index (κ2) is 5.89. The van der Waals surface area contributed by atoms with E-state index in [2.05, 4.69) is 17.6 Å². The summed E-state index contributed by atoms with van der Waals surface area (Å²) in [6.45, 7) is 5.06. The molecule has 98 valence electrons. The molecular formula is C15H22N2O. The Morgan fingerprint density at radius 3 is 2.78 bits per heavy atom. The van der Waals surface area contributed by atoms with Crippen molar-refractivity contribution >= 4 is 11.6 Å². The van der Waals surface area contributed by atoms with E-state index in [9.17, 15) is 4.79 Å². The third kappa shape index (κ3) is 3.03. The van der Waals surface area contributed by atoms with Crippen LogP contribution in [0.25, 0.3) is 0 Å². The first-order valence-electron chi connectivity index (χ1n) is 6.86. The van der Waals surface area contributed by atoms with Gasteiger partial charge in [0.1, 0.15) is 0 Å². The van der Waals surface area contributed by atoms with Crippen LogP contribution in [0.2, 0.25) is 0 Å². The Kier molecular flexibility index (Phi) is 4.24. The van der Waals surface area contributed by atoms with Crippen molar-refractivity contribution in [1.29, 1.82) is 0 Å². The van der Waals surface area contributed by atoms with Crippen molar-refractivity contribution in [3.05, 3.63) is 29.3 Å². The lowest BCUT2D eigenvalue weighted by Crippen LogP contribution is -2.39. The maximum atomic E-state index is 12.2. The number of rotatable bonds is 5. The van der Waals surface area contributed by atoms with Crippen molar-refractivity contribution in [3.63, 3.8) is 0 Å². The largest absolute Gasteiger partial charge is 0.384 e.